The van der Waals surface area contributed by atoms with E-state index in [-0.39, 0.29) is 16.9 Å². The maximum atomic E-state index is 12.6. The fourth-order valence-corrected chi connectivity index (χ4v) is 4.86. The van der Waals surface area contributed by atoms with Crippen LogP contribution in [0.2, 0.25) is 5.02 Å². The molecule has 0 amide bonds. The minimum atomic E-state index is -3.42. The Kier molecular flexibility index (Phi) is 3.56. The van der Waals surface area contributed by atoms with Crippen LogP contribution >= 0.6 is 11.6 Å². The third-order valence-electron chi connectivity index (χ3n) is 3.97. The van der Waals surface area contributed by atoms with Crippen molar-refractivity contribution >= 4 is 21.4 Å². The first kappa shape index (κ1) is 14.6. The average Bonchev–Trinajstić information content (AvgIpc) is 3.12. The Labute approximate surface area is 129 Å². The lowest BCUT2D eigenvalue weighted by Crippen LogP contribution is -2.15. The molecule has 1 aliphatic rings. The predicted molar refractivity (Wildman–Crippen MR) is 84.3 cm³/mol. The molecule has 3 nitrogen and oxygen atoms in total. The van der Waals surface area contributed by atoms with Crippen LogP contribution in [0.15, 0.2) is 53.4 Å². The first-order valence-corrected chi connectivity index (χ1v) is 8.65. The Morgan fingerprint density at radius 3 is 2.14 bits per heavy atom. The Balaban J connectivity index is 1.91. The van der Waals surface area contributed by atoms with Gasteiger partial charge in [0.1, 0.15) is 0 Å². The summed E-state index contributed by atoms with van der Waals surface area (Å²) >= 11 is 5.81. The zero-order valence-electron chi connectivity index (χ0n) is 11.5. The fourth-order valence-electron chi connectivity index (χ4n) is 2.69. The summed E-state index contributed by atoms with van der Waals surface area (Å²) < 4.78 is 25.3. The van der Waals surface area contributed by atoms with Crippen molar-refractivity contribution in [3.8, 4) is 0 Å². The molecule has 1 fully saturated rings. The largest absolute Gasteiger partial charge is 0.326 e. The molecule has 0 aliphatic heterocycles. The molecule has 5 heteroatoms. The van der Waals surface area contributed by atoms with Gasteiger partial charge in [0, 0.05) is 17.0 Å². The quantitative estimate of drug-likeness (QED) is 0.945. The Morgan fingerprint density at radius 1 is 1.00 bits per heavy atom. The number of nitrogens with two attached hydrogens (primary N) is 1. The van der Waals surface area contributed by atoms with Crippen LogP contribution in [-0.2, 0) is 9.84 Å². The lowest BCUT2D eigenvalue weighted by Gasteiger charge is -2.04. The van der Waals surface area contributed by atoms with Gasteiger partial charge in [-0.2, -0.15) is 0 Å². The predicted octanol–water partition coefficient (Wildman–Crippen LogP) is 2.92. The SMILES string of the molecule is Cc1ccc([C@H]2[C@H](N)[C@@H]2S(=O)(=O)c2ccc(Cl)cc2)cc1. The molecule has 1 aliphatic carbocycles. The van der Waals surface area contributed by atoms with Crippen molar-refractivity contribution < 1.29 is 8.42 Å². The summed E-state index contributed by atoms with van der Waals surface area (Å²) in [6.07, 6.45) is 0. The van der Waals surface area contributed by atoms with Crippen LogP contribution in [0.1, 0.15) is 17.0 Å². The fraction of sp³-hybridized carbons (Fsp3) is 0.250. The molecule has 2 aromatic rings. The van der Waals surface area contributed by atoms with Crippen molar-refractivity contribution in [3.63, 3.8) is 0 Å². The first-order chi connectivity index (χ1) is 9.91. The van der Waals surface area contributed by atoms with Crippen molar-refractivity contribution in [2.75, 3.05) is 0 Å². The molecule has 0 spiro atoms. The second kappa shape index (κ2) is 5.13. The van der Waals surface area contributed by atoms with E-state index in [2.05, 4.69) is 0 Å². The van der Waals surface area contributed by atoms with E-state index in [1.54, 1.807) is 12.1 Å². The van der Waals surface area contributed by atoms with Crippen LogP contribution in [-0.4, -0.2) is 19.7 Å². The molecule has 3 rings (SSSR count). The van der Waals surface area contributed by atoms with Gasteiger partial charge in [-0.3, -0.25) is 0 Å². The van der Waals surface area contributed by atoms with Crippen molar-refractivity contribution in [2.45, 2.75) is 29.0 Å². The molecule has 0 bridgehead atoms. The van der Waals surface area contributed by atoms with E-state index in [9.17, 15) is 8.42 Å². The highest BCUT2D eigenvalue weighted by Gasteiger charge is 2.57. The molecule has 110 valence electrons. The number of hydrogen-bond acceptors (Lipinski definition) is 3. The van der Waals surface area contributed by atoms with E-state index in [1.165, 1.54) is 12.1 Å². The zero-order chi connectivity index (χ0) is 15.2. The second-order valence-corrected chi connectivity index (χ2v) is 8.02. The minimum absolute atomic E-state index is 0.133. The van der Waals surface area contributed by atoms with Gasteiger partial charge >= 0.3 is 0 Å². The zero-order valence-corrected chi connectivity index (χ0v) is 13.1. The third kappa shape index (κ3) is 2.59. The second-order valence-electron chi connectivity index (χ2n) is 5.48. The highest BCUT2D eigenvalue weighted by Crippen LogP contribution is 2.47. The van der Waals surface area contributed by atoms with Gasteiger partial charge in [0.05, 0.1) is 10.1 Å². The molecule has 2 N–H and O–H groups in total. The lowest BCUT2D eigenvalue weighted by atomic mass is 10.1. The van der Waals surface area contributed by atoms with Gasteiger partial charge in [-0.25, -0.2) is 8.42 Å². The topological polar surface area (TPSA) is 60.2 Å². The number of hydrogen-bond donors (Lipinski definition) is 1. The molecular weight excluding hydrogens is 306 g/mol. The summed E-state index contributed by atoms with van der Waals surface area (Å²) in [5.41, 5.74) is 8.15. The Bertz CT molecular complexity index is 754. The van der Waals surface area contributed by atoms with Crippen molar-refractivity contribution in [3.05, 3.63) is 64.7 Å². The normalized spacial score (nSPS) is 24.8. The molecule has 2 aromatic carbocycles. The van der Waals surface area contributed by atoms with Gasteiger partial charge in [0.15, 0.2) is 9.84 Å². The van der Waals surface area contributed by atoms with E-state index in [4.69, 9.17) is 17.3 Å². The molecule has 0 heterocycles. The van der Waals surface area contributed by atoms with Gasteiger partial charge in [0.25, 0.3) is 0 Å². The van der Waals surface area contributed by atoms with E-state index in [1.807, 2.05) is 31.2 Å². The van der Waals surface area contributed by atoms with Gasteiger partial charge in [-0.15, -0.1) is 0 Å². The summed E-state index contributed by atoms with van der Waals surface area (Å²) in [6, 6.07) is 13.8. The van der Waals surface area contributed by atoms with Gasteiger partial charge in [-0.1, -0.05) is 41.4 Å². The third-order valence-corrected chi connectivity index (χ3v) is 6.48. The lowest BCUT2D eigenvalue weighted by molar-refractivity contribution is 0.593. The minimum Gasteiger partial charge on any atom is -0.326 e. The van der Waals surface area contributed by atoms with Crippen molar-refractivity contribution in [1.82, 2.24) is 0 Å². The monoisotopic (exact) mass is 321 g/mol. The summed E-state index contributed by atoms with van der Waals surface area (Å²) in [5, 5.41) is -0.0366. The van der Waals surface area contributed by atoms with Gasteiger partial charge in [0.2, 0.25) is 0 Å². The molecule has 3 atom stereocenters. The summed E-state index contributed by atoms with van der Waals surface area (Å²) in [6.45, 7) is 2.00. The highest BCUT2D eigenvalue weighted by atomic mass is 35.5. The highest BCUT2D eigenvalue weighted by molar-refractivity contribution is 7.92. The Morgan fingerprint density at radius 2 is 1.57 bits per heavy atom. The van der Waals surface area contributed by atoms with Crippen LogP contribution in [0.4, 0.5) is 0 Å². The van der Waals surface area contributed by atoms with E-state index in [0.29, 0.717) is 5.02 Å². The number of rotatable bonds is 3. The maximum absolute atomic E-state index is 12.6. The summed E-state index contributed by atoms with van der Waals surface area (Å²) in [5.74, 6) is -0.133. The molecule has 0 saturated heterocycles. The first-order valence-electron chi connectivity index (χ1n) is 6.73. The van der Waals surface area contributed by atoms with Crippen LogP contribution < -0.4 is 5.73 Å². The Hall–Kier alpha value is -1.36. The van der Waals surface area contributed by atoms with Crippen molar-refractivity contribution in [2.24, 2.45) is 5.73 Å². The van der Waals surface area contributed by atoms with Crippen molar-refractivity contribution in [1.29, 1.82) is 0 Å². The molecule has 0 aromatic heterocycles. The summed E-state index contributed by atoms with van der Waals surface area (Å²) in [4.78, 5) is 0.280. The maximum Gasteiger partial charge on any atom is 0.183 e. The standard InChI is InChI=1S/C16H16ClNO2S/c1-10-2-4-11(5-3-10)14-15(18)16(14)21(19,20)13-8-6-12(17)7-9-13/h2-9,14-16H,18H2,1H3/t14-,15-,16+/m0/s1. The smallest absolute Gasteiger partial charge is 0.183 e. The van der Waals surface area contributed by atoms with Crippen LogP contribution in [0, 0.1) is 6.92 Å². The number of halogens is 1. The average molecular weight is 322 g/mol. The van der Waals surface area contributed by atoms with Crippen LogP contribution in [0.25, 0.3) is 0 Å². The van der Waals surface area contributed by atoms with Gasteiger partial charge < -0.3 is 5.73 Å². The number of sulfone groups is 1. The van der Waals surface area contributed by atoms with Crippen LogP contribution in [0.3, 0.4) is 0 Å². The van der Waals surface area contributed by atoms with E-state index >= 15 is 0 Å². The number of aryl methyl sites for hydroxylation is 1. The van der Waals surface area contributed by atoms with E-state index < -0.39 is 15.1 Å². The molecule has 21 heavy (non-hydrogen) atoms. The van der Waals surface area contributed by atoms with Gasteiger partial charge in [-0.05, 0) is 36.8 Å². The van der Waals surface area contributed by atoms with E-state index in [0.717, 1.165) is 11.1 Å². The molecule has 0 unspecified atom stereocenters. The molecule has 1 saturated carbocycles. The molecule has 0 radical (unpaired) electrons. The van der Waals surface area contributed by atoms with Crippen LogP contribution in [0.5, 0.6) is 0 Å². The molecular formula is C16H16ClNO2S. The number of benzene rings is 2. The summed E-state index contributed by atoms with van der Waals surface area (Å²) in [7, 11) is -3.42.